The maximum absolute atomic E-state index is 12.5. The van der Waals surface area contributed by atoms with Crippen LogP contribution in [0.5, 0.6) is 17.2 Å². The Hall–Kier alpha value is -3.48. The zero-order chi connectivity index (χ0) is 18.1. The molecule has 2 aromatic carbocycles. The highest BCUT2D eigenvalue weighted by atomic mass is 16.5. The third kappa shape index (κ3) is 2.87. The lowest BCUT2D eigenvalue weighted by atomic mass is 10.0. The molecule has 7 heteroatoms. The van der Waals surface area contributed by atoms with Gasteiger partial charge >= 0.3 is 0 Å². The second-order valence-corrected chi connectivity index (χ2v) is 5.43. The Bertz CT molecular complexity index is 1020. The molecule has 128 valence electrons. The third-order valence-corrected chi connectivity index (χ3v) is 3.80. The Kier molecular flexibility index (Phi) is 4.06. The average molecular weight is 341 g/mol. The molecule has 25 heavy (non-hydrogen) atoms. The molecule has 0 spiro atoms. The van der Waals surface area contributed by atoms with E-state index in [4.69, 9.17) is 14.9 Å². The highest BCUT2D eigenvalue weighted by molar-refractivity contribution is 5.91. The Balaban J connectivity index is 2.31. The number of amides is 1. The lowest BCUT2D eigenvalue weighted by Crippen LogP contribution is -2.14. The molecule has 0 saturated heterocycles. The zero-order valence-corrected chi connectivity index (χ0v) is 13.3. The molecule has 0 bridgehead atoms. The van der Waals surface area contributed by atoms with Crippen LogP contribution in [0.15, 0.2) is 45.6 Å². The summed E-state index contributed by atoms with van der Waals surface area (Å²) in [4.78, 5) is 23.7. The Labute approximate surface area is 141 Å². The van der Waals surface area contributed by atoms with Crippen LogP contribution in [0, 0.1) is 0 Å². The van der Waals surface area contributed by atoms with E-state index in [1.165, 1.54) is 19.2 Å². The van der Waals surface area contributed by atoms with Crippen LogP contribution in [0.4, 0.5) is 0 Å². The molecule has 3 rings (SSSR count). The van der Waals surface area contributed by atoms with Crippen molar-refractivity contribution in [2.24, 2.45) is 5.73 Å². The molecule has 4 N–H and O–H groups in total. The number of aromatic hydroxyl groups is 2. The molecular weight excluding hydrogens is 326 g/mol. The number of ether oxygens (including phenoxy) is 1. The van der Waals surface area contributed by atoms with E-state index >= 15 is 0 Å². The summed E-state index contributed by atoms with van der Waals surface area (Å²) in [5, 5.41) is 20.0. The molecule has 1 heterocycles. The number of carbonyl (C=O) groups excluding carboxylic acids is 1. The molecule has 0 saturated carbocycles. The summed E-state index contributed by atoms with van der Waals surface area (Å²) in [7, 11) is 1.52. The molecule has 7 nitrogen and oxygen atoms in total. The monoisotopic (exact) mass is 341 g/mol. The van der Waals surface area contributed by atoms with Gasteiger partial charge in [0.05, 0.1) is 13.5 Å². The SMILES string of the molecule is COc1ccc(-c2oc3c(CC(N)=O)ccc(O)c3c(=O)c2O)cc1. The zero-order valence-electron chi connectivity index (χ0n) is 13.3. The van der Waals surface area contributed by atoms with Gasteiger partial charge in [-0.15, -0.1) is 0 Å². The highest BCUT2D eigenvalue weighted by Gasteiger charge is 2.20. The van der Waals surface area contributed by atoms with Gasteiger partial charge in [0.25, 0.3) is 0 Å². The minimum Gasteiger partial charge on any atom is -0.507 e. The fraction of sp³-hybridized carbons (Fsp3) is 0.111. The average Bonchev–Trinajstić information content (AvgIpc) is 2.60. The number of hydrogen-bond acceptors (Lipinski definition) is 6. The maximum Gasteiger partial charge on any atom is 0.238 e. The Morgan fingerprint density at radius 2 is 1.84 bits per heavy atom. The molecule has 0 aliphatic rings. The van der Waals surface area contributed by atoms with Gasteiger partial charge in [-0.05, 0) is 30.3 Å². The van der Waals surface area contributed by atoms with Gasteiger partial charge in [0.2, 0.25) is 17.1 Å². The first kappa shape index (κ1) is 16.4. The second-order valence-electron chi connectivity index (χ2n) is 5.43. The molecule has 0 aliphatic carbocycles. The molecule has 0 aliphatic heterocycles. The van der Waals surface area contributed by atoms with Crippen LogP contribution >= 0.6 is 0 Å². The molecule has 3 aromatic rings. The van der Waals surface area contributed by atoms with Crippen molar-refractivity contribution < 1.29 is 24.2 Å². The van der Waals surface area contributed by atoms with Crippen molar-refractivity contribution in [3.8, 4) is 28.6 Å². The molecule has 0 radical (unpaired) electrons. The summed E-state index contributed by atoms with van der Waals surface area (Å²) in [5.41, 5.74) is 5.21. The van der Waals surface area contributed by atoms with Gasteiger partial charge in [-0.25, -0.2) is 0 Å². The van der Waals surface area contributed by atoms with Crippen molar-refractivity contribution in [1.82, 2.24) is 0 Å². The molecular formula is C18H15NO6. The molecule has 1 aromatic heterocycles. The fourth-order valence-corrected chi connectivity index (χ4v) is 2.59. The second kappa shape index (κ2) is 6.20. The number of benzene rings is 2. The molecule has 0 unspecified atom stereocenters. The number of carbonyl (C=O) groups is 1. The van der Waals surface area contributed by atoms with Gasteiger partial charge in [0.1, 0.15) is 22.5 Å². The Morgan fingerprint density at radius 1 is 1.16 bits per heavy atom. The number of phenolic OH excluding ortho intramolecular Hbond substituents is 1. The quantitative estimate of drug-likeness (QED) is 0.666. The maximum atomic E-state index is 12.5. The van der Waals surface area contributed by atoms with Gasteiger partial charge < -0.3 is 25.1 Å². The number of hydrogen-bond donors (Lipinski definition) is 3. The van der Waals surface area contributed by atoms with Crippen molar-refractivity contribution in [1.29, 1.82) is 0 Å². The number of phenols is 1. The predicted molar refractivity (Wildman–Crippen MR) is 90.7 cm³/mol. The topological polar surface area (TPSA) is 123 Å². The van der Waals surface area contributed by atoms with E-state index in [1.54, 1.807) is 24.3 Å². The Morgan fingerprint density at radius 3 is 2.44 bits per heavy atom. The number of nitrogens with two attached hydrogens (primary N) is 1. The van der Waals surface area contributed by atoms with Crippen LogP contribution in [0.25, 0.3) is 22.3 Å². The van der Waals surface area contributed by atoms with Crippen LogP contribution in [-0.2, 0) is 11.2 Å². The summed E-state index contributed by atoms with van der Waals surface area (Å²) in [5.74, 6) is -1.08. The fourth-order valence-electron chi connectivity index (χ4n) is 2.59. The minimum atomic E-state index is -0.795. The van der Waals surface area contributed by atoms with Crippen molar-refractivity contribution in [3.63, 3.8) is 0 Å². The lowest BCUT2D eigenvalue weighted by molar-refractivity contribution is -0.117. The van der Waals surface area contributed by atoms with E-state index in [0.717, 1.165) is 0 Å². The normalized spacial score (nSPS) is 10.8. The van der Waals surface area contributed by atoms with Gasteiger partial charge in [-0.1, -0.05) is 6.07 Å². The van der Waals surface area contributed by atoms with E-state index in [-0.39, 0.29) is 28.9 Å². The first-order valence-corrected chi connectivity index (χ1v) is 7.35. The standard InChI is InChI=1S/C18H15NO6/c1-24-11-5-2-9(3-6-11)18-16(23)15(22)14-12(20)7-4-10(8-13(19)21)17(14)25-18/h2-7,20,23H,8H2,1H3,(H2,19,21). The first-order chi connectivity index (χ1) is 11.9. The summed E-state index contributed by atoms with van der Waals surface area (Å²) >= 11 is 0. The minimum absolute atomic E-state index is 0.00687. The smallest absolute Gasteiger partial charge is 0.238 e. The summed E-state index contributed by atoms with van der Waals surface area (Å²) < 4.78 is 10.8. The highest BCUT2D eigenvalue weighted by Crippen LogP contribution is 2.35. The summed E-state index contributed by atoms with van der Waals surface area (Å²) in [6, 6.07) is 9.21. The summed E-state index contributed by atoms with van der Waals surface area (Å²) in [6.45, 7) is 0. The van der Waals surface area contributed by atoms with Crippen LogP contribution in [-0.4, -0.2) is 23.2 Å². The third-order valence-electron chi connectivity index (χ3n) is 3.80. The van der Waals surface area contributed by atoms with E-state index < -0.39 is 17.1 Å². The van der Waals surface area contributed by atoms with Crippen LogP contribution in [0.1, 0.15) is 5.56 Å². The summed E-state index contributed by atoms with van der Waals surface area (Å²) in [6.07, 6.45) is -0.174. The van der Waals surface area contributed by atoms with Crippen LogP contribution in [0.2, 0.25) is 0 Å². The van der Waals surface area contributed by atoms with E-state index in [2.05, 4.69) is 0 Å². The van der Waals surface area contributed by atoms with E-state index in [1.807, 2.05) is 0 Å². The van der Waals surface area contributed by atoms with E-state index in [9.17, 15) is 19.8 Å². The molecule has 1 amide bonds. The van der Waals surface area contributed by atoms with Crippen LogP contribution in [0.3, 0.4) is 0 Å². The van der Waals surface area contributed by atoms with E-state index in [0.29, 0.717) is 16.9 Å². The van der Waals surface area contributed by atoms with Crippen molar-refractivity contribution >= 4 is 16.9 Å². The van der Waals surface area contributed by atoms with Crippen LogP contribution < -0.4 is 15.9 Å². The molecule has 0 fully saturated rings. The number of rotatable bonds is 4. The lowest BCUT2D eigenvalue weighted by Gasteiger charge is -2.10. The first-order valence-electron chi connectivity index (χ1n) is 7.35. The van der Waals surface area contributed by atoms with Crippen molar-refractivity contribution in [3.05, 3.63) is 52.2 Å². The molecule has 0 atom stereocenters. The number of methoxy groups -OCH3 is 1. The van der Waals surface area contributed by atoms with Crippen molar-refractivity contribution in [2.45, 2.75) is 6.42 Å². The number of primary amides is 1. The largest absolute Gasteiger partial charge is 0.507 e. The van der Waals surface area contributed by atoms with Gasteiger partial charge in [0.15, 0.2) is 5.76 Å². The van der Waals surface area contributed by atoms with Gasteiger partial charge in [0, 0.05) is 11.1 Å². The van der Waals surface area contributed by atoms with Gasteiger partial charge in [-0.3, -0.25) is 9.59 Å². The number of fused-ring (bicyclic) bond motifs is 1. The predicted octanol–water partition coefficient (Wildman–Crippen LogP) is 1.91. The van der Waals surface area contributed by atoms with Gasteiger partial charge in [-0.2, -0.15) is 0 Å². The van der Waals surface area contributed by atoms with Crippen molar-refractivity contribution in [2.75, 3.05) is 7.11 Å².